The molecule has 0 spiro atoms. The minimum atomic E-state index is 0.563. The first-order valence-electron chi connectivity index (χ1n) is 5.67. The van der Waals surface area contributed by atoms with Gasteiger partial charge in [0.15, 0.2) is 0 Å². The van der Waals surface area contributed by atoms with Crippen molar-refractivity contribution < 1.29 is 4.74 Å². The fraction of sp³-hybridized carbons (Fsp3) is 0.538. The minimum Gasteiger partial charge on any atom is -0.493 e. The largest absolute Gasteiger partial charge is 0.493 e. The molecule has 1 unspecified atom stereocenters. The Kier molecular flexibility index (Phi) is 6.81. The number of thioether (sulfide) groups is 1. The summed E-state index contributed by atoms with van der Waals surface area (Å²) in [6.45, 7) is 2.97. The predicted octanol–water partition coefficient (Wildman–Crippen LogP) is 4.13. The molecule has 1 atom stereocenters. The van der Waals surface area contributed by atoms with Crippen molar-refractivity contribution in [2.45, 2.75) is 24.7 Å². The van der Waals surface area contributed by atoms with Crippen molar-refractivity contribution in [3.05, 3.63) is 24.3 Å². The van der Waals surface area contributed by atoms with Gasteiger partial charge in [0.1, 0.15) is 5.75 Å². The Morgan fingerprint density at radius 1 is 1.31 bits per heavy atom. The third-order valence-corrected chi connectivity index (χ3v) is 3.76. The third kappa shape index (κ3) is 4.71. The van der Waals surface area contributed by atoms with E-state index in [1.807, 2.05) is 12.1 Å². The topological polar surface area (TPSA) is 9.23 Å². The monoisotopic (exact) mass is 256 g/mol. The summed E-state index contributed by atoms with van der Waals surface area (Å²) in [4.78, 5) is 1.27. The zero-order valence-electron chi connectivity index (χ0n) is 9.98. The molecule has 1 aromatic carbocycles. The molecule has 0 heterocycles. The van der Waals surface area contributed by atoms with Crippen molar-refractivity contribution >= 4 is 24.4 Å². The first-order chi connectivity index (χ1) is 7.80. The van der Waals surface area contributed by atoms with Gasteiger partial charge in [-0.3, -0.25) is 0 Å². The van der Waals surface area contributed by atoms with Crippen molar-refractivity contribution in [2.75, 3.05) is 18.6 Å². The Bertz CT molecular complexity index is 284. The smallest absolute Gasteiger partial charge is 0.119 e. The van der Waals surface area contributed by atoms with E-state index in [1.165, 1.54) is 17.7 Å². The van der Waals surface area contributed by atoms with E-state index in [0.717, 1.165) is 18.1 Å². The van der Waals surface area contributed by atoms with Gasteiger partial charge in [0.25, 0.3) is 0 Å². The number of rotatable bonds is 7. The van der Waals surface area contributed by atoms with Gasteiger partial charge < -0.3 is 4.74 Å². The van der Waals surface area contributed by atoms with Crippen LogP contribution in [0.15, 0.2) is 29.2 Å². The molecule has 0 aliphatic carbocycles. The van der Waals surface area contributed by atoms with Crippen molar-refractivity contribution in [1.29, 1.82) is 0 Å². The molecular formula is C13H20OS2. The number of ether oxygens (including phenoxy) is 1. The van der Waals surface area contributed by atoms with E-state index in [4.69, 9.17) is 4.74 Å². The van der Waals surface area contributed by atoms with Gasteiger partial charge in [0.05, 0.1) is 6.61 Å². The summed E-state index contributed by atoms with van der Waals surface area (Å²) in [6, 6.07) is 8.26. The molecule has 0 aromatic heterocycles. The molecule has 0 N–H and O–H groups in total. The second kappa shape index (κ2) is 7.91. The number of thiol groups is 1. The van der Waals surface area contributed by atoms with Crippen molar-refractivity contribution in [3.63, 3.8) is 0 Å². The maximum Gasteiger partial charge on any atom is 0.119 e. The van der Waals surface area contributed by atoms with Crippen LogP contribution in [0.2, 0.25) is 0 Å². The lowest BCUT2D eigenvalue weighted by Crippen LogP contribution is -2.13. The molecule has 3 heteroatoms. The lowest BCUT2D eigenvalue weighted by Gasteiger charge is -2.14. The quantitative estimate of drug-likeness (QED) is 0.580. The Morgan fingerprint density at radius 2 is 2.00 bits per heavy atom. The van der Waals surface area contributed by atoms with E-state index in [9.17, 15) is 0 Å². The number of benzene rings is 1. The van der Waals surface area contributed by atoms with Gasteiger partial charge in [0.2, 0.25) is 0 Å². The molecule has 0 aliphatic rings. The summed E-state index contributed by atoms with van der Waals surface area (Å²) >= 11 is 6.09. The molecule has 0 amide bonds. The van der Waals surface area contributed by atoms with Crippen LogP contribution in [0, 0.1) is 5.92 Å². The average Bonchev–Trinajstić information content (AvgIpc) is 2.35. The Morgan fingerprint density at radius 3 is 2.50 bits per heavy atom. The highest BCUT2D eigenvalue weighted by Gasteiger charge is 2.06. The Labute approximate surface area is 108 Å². The van der Waals surface area contributed by atoms with Crippen molar-refractivity contribution in [2.24, 2.45) is 5.92 Å². The van der Waals surface area contributed by atoms with Crippen LogP contribution in [0.25, 0.3) is 0 Å². The predicted molar refractivity (Wildman–Crippen MR) is 76.0 cm³/mol. The van der Waals surface area contributed by atoms with Crippen LogP contribution in [0.4, 0.5) is 0 Å². The summed E-state index contributed by atoms with van der Waals surface area (Å²) in [6.07, 6.45) is 4.46. The maximum absolute atomic E-state index is 5.75. The summed E-state index contributed by atoms with van der Waals surface area (Å²) in [5, 5.41) is 0. The molecule has 0 bridgehead atoms. The summed E-state index contributed by atoms with van der Waals surface area (Å²) in [7, 11) is 0. The van der Waals surface area contributed by atoms with E-state index in [2.05, 4.69) is 37.9 Å². The van der Waals surface area contributed by atoms with Crippen LogP contribution in [-0.4, -0.2) is 18.6 Å². The normalized spacial score (nSPS) is 12.4. The van der Waals surface area contributed by atoms with E-state index >= 15 is 0 Å². The lowest BCUT2D eigenvalue weighted by atomic mass is 10.1. The molecular weight excluding hydrogens is 236 g/mol. The van der Waals surface area contributed by atoms with Gasteiger partial charge >= 0.3 is 0 Å². The summed E-state index contributed by atoms with van der Waals surface area (Å²) in [5.41, 5.74) is 0. The summed E-state index contributed by atoms with van der Waals surface area (Å²) in [5.74, 6) is 2.42. The lowest BCUT2D eigenvalue weighted by molar-refractivity contribution is 0.254. The highest BCUT2D eigenvalue weighted by molar-refractivity contribution is 7.98. The molecule has 1 aromatic rings. The minimum absolute atomic E-state index is 0.563. The second-order valence-electron chi connectivity index (χ2n) is 3.82. The molecule has 0 radical (unpaired) electrons. The molecule has 0 saturated heterocycles. The van der Waals surface area contributed by atoms with Crippen LogP contribution < -0.4 is 4.74 Å². The molecule has 1 rings (SSSR count). The van der Waals surface area contributed by atoms with Crippen LogP contribution in [0.3, 0.4) is 0 Å². The molecule has 1 nitrogen and oxygen atoms in total. The van der Waals surface area contributed by atoms with Crippen LogP contribution in [0.1, 0.15) is 19.8 Å². The molecule has 90 valence electrons. The fourth-order valence-corrected chi connectivity index (χ4v) is 2.22. The first kappa shape index (κ1) is 13.8. The van der Waals surface area contributed by atoms with Gasteiger partial charge in [0, 0.05) is 10.8 Å². The number of hydrogen-bond donors (Lipinski definition) is 1. The summed E-state index contributed by atoms with van der Waals surface area (Å²) < 4.78 is 5.75. The van der Waals surface area contributed by atoms with Crippen LogP contribution in [-0.2, 0) is 0 Å². The zero-order chi connectivity index (χ0) is 11.8. The van der Waals surface area contributed by atoms with Crippen molar-refractivity contribution in [3.8, 4) is 5.75 Å². The van der Waals surface area contributed by atoms with Crippen LogP contribution in [0.5, 0.6) is 5.75 Å². The van der Waals surface area contributed by atoms with E-state index < -0.39 is 0 Å². The second-order valence-corrected chi connectivity index (χ2v) is 5.07. The van der Waals surface area contributed by atoms with Crippen LogP contribution >= 0.6 is 24.4 Å². The van der Waals surface area contributed by atoms with E-state index in [1.54, 1.807) is 11.8 Å². The Balaban J connectivity index is 2.40. The van der Waals surface area contributed by atoms with Crippen molar-refractivity contribution in [1.82, 2.24) is 0 Å². The molecule has 0 fully saturated rings. The van der Waals surface area contributed by atoms with E-state index in [0.29, 0.717) is 5.92 Å². The van der Waals surface area contributed by atoms with Gasteiger partial charge in [-0.05, 0) is 42.7 Å². The SMILES string of the molecule is CCCC(CS)COc1ccc(SC)cc1. The van der Waals surface area contributed by atoms with Gasteiger partial charge in [-0.1, -0.05) is 13.3 Å². The fourth-order valence-electron chi connectivity index (χ4n) is 1.52. The third-order valence-electron chi connectivity index (χ3n) is 2.50. The molecule has 16 heavy (non-hydrogen) atoms. The van der Waals surface area contributed by atoms with Gasteiger partial charge in [-0.25, -0.2) is 0 Å². The van der Waals surface area contributed by atoms with E-state index in [-0.39, 0.29) is 0 Å². The standard InChI is InChI=1S/C13H20OS2/c1-3-4-11(10-15)9-14-12-5-7-13(16-2)8-6-12/h5-8,11,15H,3-4,9-10H2,1-2H3. The average molecular weight is 256 g/mol. The first-order valence-corrected chi connectivity index (χ1v) is 7.53. The maximum atomic E-state index is 5.75. The highest BCUT2D eigenvalue weighted by atomic mass is 32.2. The van der Waals surface area contributed by atoms with Gasteiger partial charge in [-0.2, -0.15) is 12.6 Å². The highest BCUT2D eigenvalue weighted by Crippen LogP contribution is 2.20. The molecule has 0 aliphatic heterocycles. The number of hydrogen-bond acceptors (Lipinski definition) is 3. The molecule has 0 saturated carbocycles. The van der Waals surface area contributed by atoms with Gasteiger partial charge in [-0.15, -0.1) is 11.8 Å². The zero-order valence-corrected chi connectivity index (χ0v) is 11.7. The Hall–Kier alpha value is -0.280.